The Balaban J connectivity index is 2.32. The van der Waals surface area contributed by atoms with Gasteiger partial charge >= 0.3 is 0 Å². The standard InChI is InChI=1S/C13H17ClN4O/c1-3-6-18-7-5-15-13(18)10-8-11(14)17-12(16-10)9-19-4-2/h5,7-8H,3-4,6,9H2,1-2H3. The summed E-state index contributed by atoms with van der Waals surface area (Å²) in [5.41, 5.74) is 0.730. The van der Waals surface area contributed by atoms with E-state index < -0.39 is 0 Å². The first-order chi connectivity index (χ1) is 9.24. The molecule has 6 heteroatoms. The van der Waals surface area contributed by atoms with Gasteiger partial charge in [0.25, 0.3) is 0 Å². The van der Waals surface area contributed by atoms with Crippen molar-refractivity contribution < 1.29 is 4.74 Å². The molecule has 19 heavy (non-hydrogen) atoms. The molecule has 0 aliphatic rings. The minimum absolute atomic E-state index is 0.360. The van der Waals surface area contributed by atoms with Crippen molar-refractivity contribution in [2.75, 3.05) is 6.61 Å². The quantitative estimate of drug-likeness (QED) is 0.764. The average molecular weight is 281 g/mol. The molecular formula is C13H17ClN4O. The topological polar surface area (TPSA) is 52.8 Å². The van der Waals surface area contributed by atoms with Gasteiger partial charge in [-0.05, 0) is 13.3 Å². The normalized spacial score (nSPS) is 10.9. The molecule has 0 fully saturated rings. The predicted molar refractivity (Wildman–Crippen MR) is 73.9 cm³/mol. The first-order valence-electron chi connectivity index (χ1n) is 6.37. The second-order valence-electron chi connectivity index (χ2n) is 4.07. The fraction of sp³-hybridized carbons (Fsp3) is 0.462. The monoisotopic (exact) mass is 280 g/mol. The molecular weight excluding hydrogens is 264 g/mol. The third kappa shape index (κ3) is 3.52. The van der Waals surface area contributed by atoms with Crippen LogP contribution in [0.25, 0.3) is 11.5 Å². The lowest BCUT2D eigenvalue weighted by Crippen LogP contribution is -2.04. The van der Waals surface area contributed by atoms with E-state index in [1.165, 1.54) is 0 Å². The Hall–Kier alpha value is -1.46. The van der Waals surface area contributed by atoms with Crippen LogP contribution in [-0.2, 0) is 17.9 Å². The molecule has 0 unspecified atom stereocenters. The third-order valence-corrected chi connectivity index (χ3v) is 2.78. The second kappa shape index (κ2) is 6.63. The lowest BCUT2D eigenvalue weighted by Gasteiger charge is -2.07. The highest BCUT2D eigenvalue weighted by Gasteiger charge is 2.10. The van der Waals surface area contributed by atoms with Gasteiger partial charge in [-0.25, -0.2) is 15.0 Å². The Kier molecular flexibility index (Phi) is 4.87. The van der Waals surface area contributed by atoms with Crippen LogP contribution in [-0.4, -0.2) is 26.1 Å². The van der Waals surface area contributed by atoms with Crippen molar-refractivity contribution in [2.45, 2.75) is 33.4 Å². The van der Waals surface area contributed by atoms with Gasteiger partial charge < -0.3 is 9.30 Å². The summed E-state index contributed by atoms with van der Waals surface area (Å²) in [5, 5.41) is 0.408. The summed E-state index contributed by atoms with van der Waals surface area (Å²) < 4.78 is 7.37. The maximum Gasteiger partial charge on any atom is 0.158 e. The summed E-state index contributed by atoms with van der Waals surface area (Å²) in [6.45, 7) is 5.93. The molecule has 0 bridgehead atoms. The summed E-state index contributed by atoms with van der Waals surface area (Å²) in [6, 6.07) is 1.73. The van der Waals surface area contributed by atoms with Gasteiger partial charge in [0.1, 0.15) is 17.5 Å². The number of aryl methyl sites for hydroxylation is 1. The molecule has 0 aliphatic carbocycles. The van der Waals surface area contributed by atoms with Gasteiger partial charge in [-0.3, -0.25) is 0 Å². The summed E-state index contributed by atoms with van der Waals surface area (Å²) in [7, 11) is 0. The molecule has 0 aliphatic heterocycles. The van der Waals surface area contributed by atoms with Crippen molar-refractivity contribution >= 4 is 11.6 Å². The van der Waals surface area contributed by atoms with Crippen LogP contribution in [0, 0.1) is 0 Å². The van der Waals surface area contributed by atoms with Crippen LogP contribution in [0.15, 0.2) is 18.5 Å². The van der Waals surface area contributed by atoms with Crippen molar-refractivity contribution in [3.63, 3.8) is 0 Å². The Morgan fingerprint density at radius 1 is 1.32 bits per heavy atom. The lowest BCUT2D eigenvalue weighted by atomic mass is 10.3. The first-order valence-corrected chi connectivity index (χ1v) is 6.75. The number of hydrogen-bond donors (Lipinski definition) is 0. The van der Waals surface area contributed by atoms with Crippen LogP contribution in [0.2, 0.25) is 5.15 Å². The molecule has 0 spiro atoms. The van der Waals surface area contributed by atoms with Gasteiger partial charge in [-0.1, -0.05) is 18.5 Å². The van der Waals surface area contributed by atoms with E-state index in [2.05, 4.69) is 26.4 Å². The highest BCUT2D eigenvalue weighted by Crippen LogP contribution is 2.19. The summed E-state index contributed by atoms with van der Waals surface area (Å²) in [4.78, 5) is 12.9. The van der Waals surface area contributed by atoms with Crippen LogP contribution in [0.5, 0.6) is 0 Å². The minimum Gasteiger partial charge on any atom is -0.374 e. The fourth-order valence-electron chi connectivity index (χ4n) is 1.80. The molecule has 0 amide bonds. The molecule has 2 aromatic rings. The maximum absolute atomic E-state index is 6.03. The Morgan fingerprint density at radius 3 is 2.89 bits per heavy atom. The molecule has 2 rings (SSSR count). The van der Waals surface area contributed by atoms with Gasteiger partial charge in [-0.2, -0.15) is 0 Å². The number of rotatable bonds is 6. The number of ether oxygens (including phenoxy) is 1. The Morgan fingerprint density at radius 2 is 2.16 bits per heavy atom. The van der Waals surface area contributed by atoms with Crippen molar-refractivity contribution in [3.05, 3.63) is 29.4 Å². The summed E-state index contributed by atoms with van der Waals surface area (Å²) in [6.07, 6.45) is 4.74. The van der Waals surface area contributed by atoms with Gasteiger partial charge in [-0.15, -0.1) is 0 Å². The molecule has 5 nitrogen and oxygen atoms in total. The number of halogens is 1. The SMILES string of the molecule is CCCn1ccnc1-c1cc(Cl)nc(COCC)n1. The van der Waals surface area contributed by atoms with Gasteiger partial charge in [0.05, 0.1) is 0 Å². The van der Waals surface area contributed by atoms with Crippen molar-refractivity contribution in [1.82, 2.24) is 19.5 Å². The summed E-state index contributed by atoms with van der Waals surface area (Å²) in [5.74, 6) is 1.39. The number of hydrogen-bond acceptors (Lipinski definition) is 4. The van der Waals surface area contributed by atoms with Gasteiger partial charge in [0, 0.05) is 31.6 Å². The van der Waals surface area contributed by atoms with Crippen molar-refractivity contribution in [3.8, 4) is 11.5 Å². The smallest absolute Gasteiger partial charge is 0.158 e. The molecule has 2 aromatic heterocycles. The highest BCUT2D eigenvalue weighted by molar-refractivity contribution is 6.29. The zero-order valence-electron chi connectivity index (χ0n) is 11.1. The van der Waals surface area contributed by atoms with Crippen LogP contribution in [0.1, 0.15) is 26.1 Å². The van der Waals surface area contributed by atoms with Crippen LogP contribution < -0.4 is 0 Å². The number of nitrogens with zero attached hydrogens (tertiary/aromatic N) is 4. The average Bonchev–Trinajstić information content (AvgIpc) is 2.84. The molecule has 102 valence electrons. The zero-order chi connectivity index (χ0) is 13.7. The van der Waals surface area contributed by atoms with E-state index in [0.29, 0.717) is 24.2 Å². The van der Waals surface area contributed by atoms with Crippen molar-refractivity contribution in [2.24, 2.45) is 0 Å². The zero-order valence-corrected chi connectivity index (χ0v) is 11.9. The predicted octanol–water partition coefficient (Wildman–Crippen LogP) is 2.94. The van der Waals surface area contributed by atoms with Gasteiger partial charge in [0.2, 0.25) is 0 Å². The highest BCUT2D eigenvalue weighted by atomic mass is 35.5. The van der Waals surface area contributed by atoms with E-state index in [4.69, 9.17) is 16.3 Å². The number of aromatic nitrogens is 4. The maximum atomic E-state index is 6.03. The third-order valence-electron chi connectivity index (χ3n) is 2.59. The van der Waals surface area contributed by atoms with Gasteiger partial charge in [0.15, 0.2) is 11.6 Å². The lowest BCUT2D eigenvalue weighted by molar-refractivity contribution is 0.128. The molecule has 0 saturated carbocycles. The van der Waals surface area contributed by atoms with E-state index in [1.54, 1.807) is 12.3 Å². The number of imidazole rings is 1. The molecule has 0 atom stereocenters. The van der Waals surface area contributed by atoms with Crippen LogP contribution in [0.3, 0.4) is 0 Å². The molecule has 0 radical (unpaired) electrons. The Labute approximate surface area is 117 Å². The van der Waals surface area contributed by atoms with Crippen LogP contribution in [0.4, 0.5) is 0 Å². The molecule has 0 N–H and O–H groups in total. The van der Waals surface area contributed by atoms with E-state index in [1.807, 2.05) is 13.1 Å². The van der Waals surface area contributed by atoms with Crippen molar-refractivity contribution in [1.29, 1.82) is 0 Å². The second-order valence-corrected chi connectivity index (χ2v) is 4.46. The fourth-order valence-corrected chi connectivity index (χ4v) is 2.00. The molecule has 0 saturated heterocycles. The largest absolute Gasteiger partial charge is 0.374 e. The van der Waals surface area contributed by atoms with E-state index in [9.17, 15) is 0 Å². The molecule has 2 heterocycles. The first kappa shape index (κ1) is 14.0. The summed E-state index contributed by atoms with van der Waals surface area (Å²) >= 11 is 6.03. The minimum atomic E-state index is 0.360. The van der Waals surface area contributed by atoms with E-state index in [-0.39, 0.29) is 0 Å². The molecule has 0 aromatic carbocycles. The Bertz CT molecular complexity index is 541. The van der Waals surface area contributed by atoms with E-state index in [0.717, 1.165) is 24.5 Å². The van der Waals surface area contributed by atoms with E-state index >= 15 is 0 Å². The van der Waals surface area contributed by atoms with Crippen LogP contribution >= 0.6 is 11.6 Å².